The molecule has 1 aromatic heterocycles. The fourth-order valence-corrected chi connectivity index (χ4v) is 6.13. The minimum absolute atomic E-state index is 0.00169. The van der Waals surface area contributed by atoms with Crippen LogP contribution in [0.1, 0.15) is 69.2 Å². The molecule has 0 unspecified atom stereocenters. The lowest BCUT2D eigenvalue weighted by Gasteiger charge is -2.33. The molecule has 172 valence electrons. The van der Waals surface area contributed by atoms with E-state index in [4.69, 9.17) is 0 Å². The van der Waals surface area contributed by atoms with E-state index >= 15 is 0 Å². The van der Waals surface area contributed by atoms with Gasteiger partial charge in [0.1, 0.15) is 6.04 Å². The van der Waals surface area contributed by atoms with Crippen molar-refractivity contribution in [2.24, 2.45) is 17.8 Å². The highest BCUT2D eigenvalue weighted by Crippen LogP contribution is 2.51. The Hall–Kier alpha value is -2.41. The monoisotopic (exact) mass is 439 g/mol. The number of nitrogens with one attached hydrogen (secondary N) is 1. The largest absolute Gasteiger partial charge is 0.396 e. The van der Waals surface area contributed by atoms with E-state index in [0.717, 1.165) is 44.2 Å². The van der Waals surface area contributed by atoms with Crippen LogP contribution in [0.3, 0.4) is 0 Å². The fraction of sp³-hybridized carbons (Fsp3) is 0.640. The lowest BCUT2D eigenvalue weighted by molar-refractivity contribution is -0.143. The summed E-state index contributed by atoms with van der Waals surface area (Å²) in [6.45, 7) is 2.12. The van der Waals surface area contributed by atoms with E-state index in [1.165, 1.54) is 6.42 Å². The zero-order chi connectivity index (χ0) is 22.4. The summed E-state index contributed by atoms with van der Waals surface area (Å²) in [4.78, 5) is 41.7. The SMILES string of the molecule is C/C=C\c1ccc2n(c1=O)C[C@@H]1[C@@H](CO)[C@H](C(=O)NC3CCCCC3)N(C(=O)C3CC3)[C@H]21. The number of hydrogen-bond donors (Lipinski definition) is 2. The standard InChI is InChI=1S/C25H33N3O4/c1-2-6-15-11-12-20-21-18(13-27(20)24(15)31)19(14-29)22(28(21)25(32)16-9-10-16)23(30)26-17-7-4-3-5-8-17/h2,6,11-12,16-19,21-22,29H,3-5,7-10,13-14H2,1H3,(H,26,30)/b6-2-/t18-,19-,21+,22-/m1/s1. The summed E-state index contributed by atoms with van der Waals surface area (Å²) in [7, 11) is 0. The molecule has 0 radical (unpaired) electrons. The van der Waals surface area contributed by atoms with E-state index in [9.17, 15) is 19.5 Å². The molecule has 2 aliphatic heterocycles. The third kappa shape index (κ3) is 3.51. The molecule has 0 aromatic carbocycles. The van der Waals surface area contributed by atoms with Crippen molar-refractivity contribution >= 4 is 17.9 Å². The highest BCUT2D eigenvalue weighted by Gasteiger charge is 2.58. The van der Waals surface area contributed by atoms with Crippen LogP contribution in [-0.4, -0.2) is 45.1 Å². The molecule has 1 aromatic rings. The molecule has 1 saturated heterocycles. The van der Waals surface area contributed by atoms with Crippen LogP contribution in [0.25, 0.3) is 6.08 Å². The number of nitrogens with zero attached hydrogens (tertiary/aromatic N) is 2. The third-order valence-corrected chi connectivity index (χ3v) is 7.85. The first-order chi connectivity index (χ1) is 15.5. The van der Waals surface area contributed by atoms with Gasteiger partial charge >= 0.3 is 0 Å². The number of aromatic nitrogens is 1. The highest BCUT2D eigenvalue weighted by atomic mass is 16.3. The van der Waals surface area contributed by atoms with Gasteiger partial charge in [-0.25, -0.2) is 0 Å². The molecule has 3 heterocycles. The predicted molar refractivity (Wildman–Crippen MR) is 121 cm³/mol. The molecule has 2 saturated carbocycles. The van der Waals surface area contributed by atoms with Crippen molar-refractivity contribution in [2.75, 3.05) is 6.61 Å². The van der Waals surface area contributed by atoms with Crippen LogP contribution >= 0.6 is 0 Å². The Morgan fingerprint density at radius 1 is 1.16 bits per heavy atom. The van der Waals surface area contributed by atoms with Gasteiger partial charge in [-0.3, -0.25) is 14.4 Å². The molecule has 7 heteroatoms. The van der Waals surface area contributed by atoms with Crippen molar-refractivity contribution in [3.8, 4) is 0 Å². The number of pyridine rings is 1. The van der Waals surface area contributed by atoms with Gasteiger partial charge in [0.15, 0.2) is 0 Å². The van der Waals surface area contributed by atoms with E-state index in [1.54, 1.807) is 21.6 Å². The van der Waals surface area contributed by atoms with Gasteiger partial charge in [-0.15, -0.1) is 0 Å². The highest BCUT2D eigenvalue weighted by molar-refractivity contribution is 5.91. The first-order valence-electron chi connectivity index (χ1n) is 12.1. The second-order valence-electron chi connectivity index (χ2n) is 9.89. The zero-order valence-electron chi connectivity index (χ0n) is 18.7. The summed E-state index contributed by atoms with van der Waals surface area (Å²) in [5, 5.41) is 13.6. The maximum absolute atomic E-state index is 13.5. The number of carbonyl (C=O) groups is 2. The summed E-state index contributed by atoms with van der Waals surface area (Å²) in [6, 6.07) is 2.86. The molecular formula is C25H33N3O4. The summed E-state index contributed by atoms with van der Waals surface area (Å²) in [5.74, 6) is -0.702. The lowest BCUT2D eigenvalue weighted by atomic mass is 9.87. The normalized spacial score (nSPS) is 29.9. The molecule has 2 aliphatic carbocycles. The average Bonchev–Trinajstić information content (AvgIpc) is 3.50. The summed E-state index contributed by atoms with van der Waals surface area (Å²) in [5.41, 5.74) is 1.32. The van der Waals surface area contributed by atoms with E-state index in [0.29, 0.717) is 12.1 Å². The van der Waals surface area contributed by atoms with Gasteiger partial charge in [-0.2, -0.15) is 0 Å². The summed E-state index contributed by atoms with van der Waals surface area (Å²) in [6.07, 6.45) is 10.7. The van der Waals surface area contributed by atoms with Crippen LogP contribution < -0.4 is 10.9 Å². The number of rotatable bonds is 5. The van der Waals surface area contributed by atoms with Crippen LogP contribution in [0.2, 0.25) is 0 Å². The number of aliphatic hydroxyl groups is 1. The minimum Gasteiger partial charge on any atom is -0.396 e. The number of amides is 2. The Labute approximate surface area is 188 Å². The molecule has 2 amide bonds. The van der Waals surface area contributed by atoms with Gasteiger partial charge in [0.2, 0.25) is 11.8 Å². The first-order valence-corrected chi connectivity index (χ1v) is 12.1. The van der Waals surface area contributed by atoms with Crippen molar-refractivity contribution in [3.63, 3.8) is 0 Å². The third-order valence-electron chi connectivity index (χ3n) is 7.85. The number of carbonyl (C=O) groups excluding carboxylic acids is 2. The number of aliphatic hydroxyl groups excluding tert-OH is 1. The van der Waals surface area contributed by atoms with Crippen LogP contribution in [0.5, 0.6) is 0 Å². The predicted octanol–water partition coefficient (Wildman–Crippen LogP) is 2.23. The molecular weight excluding hydrogens is 406 g/mol. The van der Waals surface area contributed by atoms with Crippen molar-refractivity contribution < 1.29 is 14.7 Å². The van der Waals surface area contributed by atoms with Crippen molar-refractivity contribution in [1.29, 1.82) is 0 Å². The number of likely N-dealkylation sites (tertiary alicyclic amines) is 1. The quantitative estimate of drug-likeness (QED) is 0.736. The number of hydrogen-bond acceptors (Lipinski definition) is 4. The zero-order valence-corrected chi connectivity index (χ0v) is 18.7. The van der Waals surface area contributed by atoms with Crippen molar-refractivity contribution in [2.45, 2.75) is 76.5 Å². The van der Waals surface area contributed by atoms with Crippen molar-refractivity contribution in [1.82, 2.24) is 14.8 Å². The minimum atomic E-state index is -0.677. The Balaban J connectivity index is 1.51. The van der Waals surface area contributed by atoms with E-state index in [1.807, 2.05) is 19.1 Å². The second-order valence-corrected chi connectivity index (χ2v) is 9.89. The van der Waals surface area contributed by atoms with Crippen molar-refractivity contribution in [3.05, 3.63) is 39.8 Å². The lowest BCUT2D eigenvalue weighted by Crippen LogP contribution is -2.53. The Morgan fingerprint density at radius 3 is 2.56 bits per heavy atom. The van der Waals surface area contributed by atoms with Crippen LogP contribution in [0, 0.1) is 17.8 Å². The van der Waals surface area contributed by atoms with E-state index in [-0.39, 0.29) is 53.8 Å². The number of allylic oxidation sites excluding steroid dienone is 1. The van der Waals surface area contributed by atoms with E-state index in [2.05, 4.69) is 5.32 Å². The van der Waals surface area contributed by atoms with Gasteiger partial charge in [-0.1, -0.05) is 31.4 Å². The molecule has 3 fully saturated rings. The maximum Gasteiger partial charge on any atom is 0.258 e. The Kier molecular flexibility index (Phi) is 5.70. The van der Waals surface area contributed by atoms with Gasteiger partial charge in [0, 0.05) is 48.2 Å². The first kappa shape index (κ1) is 21.4. The molecule has 0 spiro atoms. The average molecular weight is 440 g/mol. The van der Waals surface area contributed by atoms with Crippen LogP contribution in [0.4, 0.5) is 0 Å². The van der Waals surface area contributed by atoms with Crippen LogP contribution in [-0.2, 0) is 16.1 Å². The molecule has 0 bridgehead atoms. The van der Waals surface area contributed by atoms with Gasteiger partial charge in [0.05, 0.1) is 6.04 Å². The Bertz CT molecular complexity index is 989. The topological polar surface area (TPSA) is 91.6 Å². The van der Waals surface area contributed by atoms with Gasteiger partial charge in [0.25, 0.3) is 5.56 Å². The molecule has 7 nitrogen and oxygen atoms in total. The van der Waals surface area contributed by atoms with Gasteiger partial charge in [-0.05, 0) is 44.7 Å². The summed E-state index contributed by atoms with van der Waals surface area (Å²) < 4.78 is 1.75. The summed E-state index contributed by atoms with van der Waals surface area (Å²) >= 11 is 0. The molecule has 5 rings (SSSR count). The smallest absolute Gasteiger partial charge is 0.258 e. The molecule has 4 aliphatic rings. The van der Waals surface area contributed by atoms with Gasteiger partial charge < -0.3 is 19.9 Å². The Morgan fingerprint density at radius 2 is 1.91 bits per heavy atom. The molecule has 2 N–H and O–H groups in total. The second kappa shape index (κ2) is 8.50. The number of fused-ring (bicyclic) bond motifs is 3. The molecule has 4 atom stereocenters. The molecule has 32 heavy (non-hydrogen) atoms. The maximum atomic E-state index is 13.5. The van der Waals surface area contributed by atoms with Crippen LogP contribution in [0.15, 0.2) is 23.0 Å². The fourth-order valence-electron chi connectivity index (χ4n) is 6.13. The van der Waals surface area contributed by atoms with E-state index < -0.39 is 6.04 Å².